The molecule has 0 aliphatic rings. The minimum absolute atomic E-state index is 0.0549. The summed E-state index contributed by atoms with van der Waals surface area (Å²) in [5.41, 5.74) is -0.997. The van der Waals surface area contributed by atoms with Crippen molar-refractivity contribution in [3.05, 3.63) is 0 Å². The van der Waals surface area contributed by atoms with Gasteiger partial charge in [-0.25, -0.2) is 4.79 Å². The quantitative estimate of drug-likeness (QED) is 0.255. The first-order chi connectivity index (χ1) is 15.5. The summed E-state index contributed by atoms with van der Waals surface area (Å²) in [7, 11) is 0. The standard InChI is InChI=1S/C20H29F6NO6.C2H6/c1-11(17(2,3)4)14(18(5,6)7)15(31)27(10-28)8-12(29)32-9-13(30)33-16(19(21,22)23)20(24,25)26;1-2/h10-11,14,16H,8-9H2,1-7H3;1-2H3. The number of imide groups is 1. The molecule has 35 heavy (non-hydrogen) atoms. The fourth-order valence-electron chi connectivity index (χ4n) is 2.99. The molecule has 0 saturated carbocycles. The molecular formula is C22H35F6NO6. The van der Waals surface area contributed by atoms with Crippen LogP contribution in [0.3, 0.4) is 0 Å². The number of halogens is 6. The van der Waals surface area contributed by atoms with E-state index in [4.69, 9.17) is 0 Å². The molecule has 0 aliphatic carbocycles. The van der Waals surface area contributed by atoms with Crippen LogP contribution in [0.1, 0.15) is 62.3 Å². The molecule has 2 unspecified atom stereocenters. The second-order valence-corrected chi connectivity index (χ2v) is 9.68. The van der Waals surface area contributed by atoms with Crippen LogP contribution in [0.25, 0.3) is 0 Å². The summed E-state index contributed by atoms with van der Waals surface area (Å²) < 4.78 is 82.1. The normalized spacial score (nSPS) is 14.3. The Hall–Kier alpha value is -2.34. The van der Waals surface area contributed by atoms with Gasteiger partial charge in [0, 0.05) is 5.92 Å². The minimum Gasteiger partial charge on any atom is -0.452 e. The number of carbonyl (C=O) groups excluding carboxylic acids is 4. The van der Waals surface area contributed by atoms with Crippen molar-refractivity contribution in [2.75, 3.05) is 13.2 Å². The van der Waals surface area contributed by atoms with Crippen molar-refractivity contribution in [1.29, 1.82) is 0 Å². The van der Waals surface area contributed by atoms with E-state index in [0.717, 1.165) is 0 Å². The number of carbonyl (C=O) groups is 4. The number of ether oxygens (including phenoxy) is 2. The highest BCUT2D eigenvalue weighted by atomic mass is 19.4. The lowest BCUT2D eigenvalue weighted by Crippen LogP contribution is -2.48. The third-order valence-electron chi connectivity index (χ3n) is 4.97. The summed E-state index contributed by atoms with van der Waals surface area (Å²) in [5.74, 6) is -5.24. The average molecular weight is 524 g/mol. The van der Waals surface area contributed by atoms with E-state index in [1.54, 1.807) is 27.7 Å². The lowest BCUT2D eigenvalue weighted by molar-refractivity contribution is -0.313. The van der Waals surface area contributed by atoms with Crippen LogP contribution in [-0.2, 0) is 28.7 Å². The van der Waals surface area contributed by atoms with E-state index < -0.39 is 60.8 Å². The molecule has 2 atom stereocenters. The van der Waals surface area contributed by atoms with E-state index in [1.165, 1.54) is 0 Å². The molecule has 0 radical (unpaired) electrons. The van der Waals surface area contributed by atoms with Crippen LogP contribution >= 0.6 is 0 Å². The molecule has 0 heterocycles. The Labute approximate surface area is 201 Å². The first-order valence-corrected chi connectivity index (χ1v) is 10.8. The topological polar surface area (TPSA) is 90.0 Å². The molecule has 0 spiro atoms. The van der Waals surface area contributed by atoms with Crippen molar-refractivity contribution in [2.24, 2.45) is 22.7 Å². The third kappa shape index (κ3) is 11.8. The van der Waals surface area contributed by atoms with E-state index in [0.29, 0.717) is 4.90 Å². The fourth-order valence-corrected chi connectivity index (χ4v) is 2.99. The van der Waals surface area contributed by atoms with Crippen LogP contribution in [-0.4, -0.2) is 60.8 Å². The summed E-state index contributed by atoms with van der Waals surface area (Å²) in [6.07, 6.45) is -16.2. The van der Waals surface area contributed by atoms with Crippen LogP contribution in [0.2, 0.25) is 0 Å². The Morgan fingerprint density at radius 2 is 1.26 bits per heavy atom. The second kappa shape index (κ2) is 13.1. The van der Waals surface area contributed by atoms with Gasteiger partial charge >= 0.3 is 24.3 Å². The molecule has 0 aliphatic heterocycles. The molecule has 0 fully saturated rings. The molecule has 0 bridgehead atoms. The van der Waals surface area contributed by atoms with Gasteiger partial charge in [0.15, 0.2) is 6.61 Å². The molecule has 0 N–H and O–H groups in total. The van der Waals surface area contributed by atoms with Crippen molar-refractivity contribution in [1.82, 2.24) is 4.90 Å². The van der Waals surface area contributed by atoms with Gasteiger partial charge in [0.2, 0.25) is 12.3 Å². The van der Waals surface area contributed by atoms with E-state index >= 15 is 0 Å². The van der Waals surface area contributed by atoms with Crippen molar-refractivity contribution in [3.63, 3.8) is 0 Å². The maximum atomic E-state index is 13.0. The molecule has 0 aromatic rings. The van der Waals surface area contributed by atoms with Gasteiger partial charge in [-0.2, -0.15) is 26.3 Å². The van der Waals surface area contributed by atoms with Gasteiger partial charge in [-0.1, -0.05) is 62.3 Å². The summed E-state index contributed by atoms with van der Waals surface area (Å²) in [4.78, 5) is 48.2. The molecule has 13 heteroatoms. The zero-order valence-electron chi connectivity index (χ0n) is 21.4. The predicted octanol–water partition coefficient (Wildman–Crippen LogP) is 4.92. The van der Waals surface area contributed by atoms with E-state index in [1.807, 2.05) is 34.6 Å². The highest BCUT2D eigenvalue weighted by Crippen LogP contribution is 2.42. The van der Waals surface area contributed by atoms with Gasteiger partial charge in [0.05, 0.1) is 0 Å². The van der Waals surface area contributed by atoms with Crippen molar-refractivity contribution in [2.45, 2.75) is 80.8 Å². The minimum atomic E-state index is -5.93. The maximum absolute atomic E-state index is 13.0. The number of amides is 2. The first kappa shape index (κ1) is 34.8. The summed E-state index contributed by atoms with van der Waals surface area (Å²) in [5, 5.41) is 0. The fraction of sp³-hybridized carbons (Fsp3) is 0.818. The molecule has 2 amide bonds. The summed E-state index contributed by atoms with van der Waals surface area (Å²) >= 11 is 0. The van der Waals surface area contributed by atoms with Crippen LogP contribution in [0, 0.1) is 22.7 Å². The van der Waals surface area contributed by atoms with Crippen LogP contribution in [0.4, 0.5) is 26.3 Å². The number of esters is 2. The number of rotatable bonds is 8. The van der Waals surface area contributed by atoms with Gasteiger partial charge in [0.1, 0.15) is 6.54 Å². The lowest BCUT2D eigenvalue weighted by atomic mass is 9.64. The van der Waals surface area contributed by atoms with Crippen molar-refractivity contribution < 1.29 is 55.0 Å². The van der Waals surface area contributed by atoms with Crippen LogP contribution in [0.15, 0.2) is 0 Å². The van der Waals surface area contributed by atoms with Crippen molar-refractivity contribution in [3.8, 4) is 0 Å². The average Bonchev–Trinajstić information content (AvgIpc) is 2.66. The summed E-state index contributed by atoms with van der Waals surface area (Å²) in [6.45, 7) is 14.1. The molecule has 7 nitrogen and oxygen atoms in total. The van der Waals surface area contributed by atoms with E-state index in [9.17, 15) is 45.5 Å². The Morgan fingerprint density at radius 3 is 1.57 bits per heavy atom. The van der Waals surface area contributed by atoms with Crippen LogP contribution in [0.5, 0.6) is 0 Å². The Kier molecular flexibility index (Phi) is 13.0. The number of nitrogens with zero attached hydrogens (tertiary/aromatic N) is 1. The van der Waals surface area contributed by atoms with Gasteiger partial charge < -0.3 is 9.47 Å². The largest absolute Gasteiger partial charge is 0.452 e. The number of hydrogen-bond acceptors (Lipinski definition) is 6. The lowest BCUT2D eigenvalue weighted by Gasteiger charge is -2.41. The van der Waals surface area contributed by atoms with E-state index in [-0.39, 0.29) is 17.7 Å². The Morgan fingerprint density at radius 1 is 0.829 bits per heavy atom. The van der Waals surface area contributed by atoms with E-state index in [2.05, 4.69) is 9.47 Å². The Bertz CT molecular complexity index is 708. The predicted molar refractivity (Wildman–Crippen MR) is 114 cm³/mol. The highest BCUT2D eigenvalue weighted by molar-refractivity contribution is 5.92. The smallest absolute Gasteiger partial charge is 0.434 e. The molecule has 0 saturated heterocycles. The second-order valence-electron chi connectivity index (χ2n) is 9.68. The Balaban J connectivity index is 0. The highest BCUT2D eigenvalue weighted by Gasteiger charge is 2.60. The summed E-state index contributed by atoms with van der Waals surface area (Å²) in [6, 6.07) is 0. The third-order valence-corrected chi connectivity index (χ3v) is 4.97. The number of hydrogen-bond donors (Lipinski definition) is 0. The van der Waals surface area contributed by atoms with Gasteiger partial charge in [-0.15, -0.1) is 0 Å². The van der Waals surface area contributed by atoms with Gasteiger partial charge in [-0.3, -0.25) is 19.3 Å². The zero-order chi connectivity index (χ0) is 28.6. The van der Waals surface area contributed by atoms with Crippen LogP contribution < -0.4 is 0 Å². The zero-order valence-corrected chi connectivity index (χ0v) is 21.4. The maximum Gasteiger partial charge on any atom is 0.434 e. The molecule has 206 valence electrons. The van der Waals surface area contributed by atoms with Gasteiger partial charge in [-0.05, 0) is 16.7 Å². The first-order valence-electron chi connectivity index (χ1n) is 10.8. The monoisotopic (exact) mass is 523 g/mol. The number of alkyl halides is 6. The van der Waals surface area contributed by atoms with Crippen molar-refractivity contribution >= 4 is 24.3 Å². The molecule has 0 aromatic heterocycles. The molecular weight excluding hydrogens is 488 g/mol. The molecule has 0 aromatic carbocycles. The SMILES string of the molecule is CC.CC(C(C(=O)N(C=O)CC(=O)OCC(=O)OC(C(F)(F)F)C(F)(F)F)C(C)(C)C)C(C)(C)C. The molecule has 0 rings (SSSR count). The van der Waals surface area contributed by atoms with Gasteiger partial charge in [0.25, 0.3) is 6.10 Å².